The maximum Gasteiger partial charge on any atom is 0.216 e. The van der Waals surface area contributed by atoms with E-state index in [4.69, 9.17) is 5.73 Å². The molecule has 108 valence electrons. The monoisotopic (exact) mass is 311 g/mol. The third-order valence-electron chi connectivity index (χ3n) is 2.70. The van der Waals surface area contributed by atoms with Crippen molar-refractivity contribution in [3.8, 4) is 0 Å². The number of rotatable bonds is 6. The lowest BCUT2D eigenvalue weighted by Gasteiger charge is -2.06. The number of nitrogens with zero attached hydrogens (tertiary/aromatic N) is 1. The van der Waals surface area contributed by atoms with Crippen LogP contribution in [-0.2, 0) is 28.9 Å². The molecule has 0 bridgehead atoms. The number of benzene rings is 1. The molecule has 1 aromatic carbocycles. The van der Waals surface area contributed by atoms with Gasteiger partial charge in [-0.3, -0.25) is 0 Å². The summed E-state index contributed by atoms with van der Waals surface area (Å²) in [7, 11) is -3.37. The molecule has 1 aromatic heterocycles. The van der Waals surface area contributed by atoms with Gasteiger partial charge >= 0.3 is 0 Å². The van der Waals surface area contributed by atoms with Crippen molar-refractivity contribution in [2.24, 2.45) is 5.73 Å². The average molecular weight is 311 g/mol. The van der Waals surface area contributed by atoms with Crippen molar-refractivity contribution < 1.29 is 8.42 Å². The van der Waals surface area contributed by atoms with E-state index in [2.05, 4.69) is 9.71 Å². The molecule has 20 heavy (non-hydrogen) atoms. The number of hydrogen-bond acceptors (Lipinski definition) is 5. The van der Waals surface area contributed by atoms with E-state index < -0.39 is 10.0 Å². The highest BCUT2D eigenvalue weighted by atomic mass is 32.2. The van der Waals surface area contributed by atoms with Gasteiger partial charge in [-0.2, -0.15) is 0 Å². The van der Waals surface area contributed by atoms with Gasteiger partial charge in [-0.05, 0) is 18.1 Å². The molecule has 3 N–H and O–H groups in total. The summed E-state index contributed by atoms with van der Waals surface area (Å²) in [5.74, 6) is -0.0504. The normalized spacial score (nSPS) is 11.7. The van der Waals surface area contributed by atoms with Crippen LogP contribution in [0.15, 0.2) is 30.5 Å². The Labute approximate surface area is 122 Å². The molecular formula is C13H17N3O2S2. The lowest BCUT2D eigenvalue weighted by molar-refractivity contribution is 0.580. The van der Waals surface area contributed by atoms with Crippen LogP contribution >= 0.6 is 11.3 Å². The fourth-order valence-corrected chi connectivity index (χ4v) is 3.67. The maximum absolute atomic E-state index is 12.0. The summed E-state index contributed by atoms with van der Waals surface area (Å²) in [6.07, 6.45) is 1.74. The van der Waals surface area contributed by atoms with Crippen molar-refractivity contribution in [1.82, 2.24) is 9.71 Å². The van der Waals surface area contributed by atoms with Gasteiger partial charge in [0.1, 0.15) is 5.01 Å². The summed E-state index contributed by atoms with van der Waals surface area (Å²) < 4.78 is 26.6. The summed E-state index contributed by atoms with van der Waals surface area (Å²) in [6, 6.07) is 7.29. The van der Waals surface area contributed by atoms with Crippen LogP contribution in [-0.4, -0.2) is 13.4 Å². The van der Waals surface area contributed by atoms with Crippen LogP contribution in [0.25, 0.3) is 0 Å². The van der Waals surface area contributed by atoms with Crippen LogP contribution in [0.2, 0.25) is 0 Å². The van der Waals surface area contributed by atoms with Gasteiger partial charge in [-0.15, -0.1) is 11.3 Å². The SMILES string of the molecule is Cc1cnc(CNS(=O)(=O)Cc2cccc(CN)c2)s1. The van der Waals surface area contributed by atoms with E-state index in [9.17, 15) is 8.42 Å². The molecule has 5 nitrogen and oxygen atoms in total. The Hall–Kier alpha value is -1.28. The fraction of sp³-hybridized carbons (Fsp3) is 0.308. The van der Waals surface area contributed by atoms with E-state index >= 15 is 0 Å². The number of nitrogens with two attached hydrogens (primary N) is 1. The molecular weight excluding hydrogens is 294 g/mol. The Morgan fingerprint density at radius 2 is 2.10 bits per heavy atom. The van der Waals surface area contributed by atoms with Gasteiger partial charge in [-0.25, -0.2) is 18.1 Å². The first-order chi connectivity index (χ1) is 9.48. The fourth-order valence-electron chi connectivity index (χ4n) is 1.77. The van der Waals surface area contributed by atoms with Crippen LogP contribution in [0.4, 0.5) is 0 Å². The Bertz CT molecular complexity index is 680. The smallest absolute Gasteiger partial charge is 0.216 e. The van der Waals surface area contributed by atoms with E-state index in [-0.39, 0.29) is 12.3 Å². The lowest BCUT2D eigenvalue weighted by atomic mass is 10.1. The predicted molar refractivity (Wildman–Crippen MR) is 80.6 cm³/mol. The summed E-state index contributed by atoms with van der Waals surface area (Å²) >= 11 is 1.49. The molecule has 2 aromatic rings. The molecule has 0 saturated heterocycles. The summed E-state index contributed by atoms with van der Waals surface area (Å²) in [6.45, 7) is 2.57. The highest BCUT2D eigenvalue weighted by Gasteiger charge is 2.12. The van der Waals surface area contributed by atoms with Gasteiger partial charge in [0.2, 0.25) is 10.0 Å². The van der Waals surface area contributed by atoms with Crippen LogP contribution in [0, 0.1) is 6.92 Å². The van der Waals surface area contributed by atoms with Crippen molar-refractivity contribution in [3.63, 3.8) is 0 Å². The Morgan fingerprint density at radius 1 is 1.35 bits per heavy atom. The number of aromatic nitrogens is 1. The minimum Gasteiger partial charge on any atom is -0.326 e. The summed E-state index contributed by atoms with van der Waals surface area (Å²) in [5.41, 5.74) is 7.20. The van der Waals surface area contributed by atoms with Gasteiger partial charge in [0.15, 0.2) is 0 Å². The van der Waals surface area contributed by atoms with Crippen LogP contribution in [0.1, 0.15) is 21.0 Å². The zero-order valence-corrected chi connectivity index (χ0v) is 12.8. The van der Waals surface area contributed by atoms with E-state index in [1.165, 1.54) is 11.3 Å². The predicted octanol–water partition coefficient (Wildman–Crippen LogP) is 1.53. The Morgan fingerprint density at radius 3 is 2.75 bits per heavy atom. The van der Waals surface area contributed by atoms with Crippen LogP contribution < -0.4 is 10.5 Å². The zero-order valence-electron chi connectivity index (χ0n) is 11.2. The quantitative estimate of drug-likeness (QED) is 0.847. The largest absolute Gasteiger partial charge is 0.326 e. The van der Waals surface area contributed by atoms with Crippen LogP contribution in [0.5, 0.6) is 0 Å². The molecule has 0 aliphatic rings. The Balaban J connectivity index is 1.99. The molecule has 0 spiro atoms. The third-order valence-corrected chi connectivity index (χ3v) is 4.91. The van der Waals surface area contributed by atoms with Gasteiger partial charge in [0, 0.05) is 17.6 Å². The number of sulfonamides is 1. The van der Waals surface area contributed by atoms with Crippen molar-refractivity contribution >= 4 is 21.4 Å². The van der Waals surface area contributed by atoms with Crippen molar-refractivity contribution in [3.05, 3.63) is 51.5 Å². The Kier molecular flexibility index (Phi) is 4.87. The van der Waals surface area contributed by atoms with Gasteiger partial charge in [0.25, 0.3) is 0 Å². The molecule has 0 radical (unpaired) electrons. The highest BCUT2D eigenvalue weighted by molar-refractivity contribution is 7.88. The number of nitrogens with one attached hydrogen (secondary N) is 1. The molecule has 2 rings (SSSR count). The highest BCUT2D eigenvalue weighted by Crippen LogP contribution is 2.12. The van der Waals surface area contributed by atoms with Gasteiger partial charge in [0.05, 0.1) is 12.3 Å². The van der Waals surface area contributed by atoms with E-state index in [0.717, 1.165) is 21.0 Å². The van der Waals surface area contributed by atoms with Crippen molar-refractivity contribution in [1.29, 1.82) is 0 Å². The average Bonchev–Trinajstić information content (AvgIpc) is 2.82. The van der Waals surface area contributed by atoms with Crippen molar-refractivity contribution in [2.75, 3.05) is 0 Å². The number of aryl methyl sites for hydroxylation is 1. The number of hydrogen-bond donors (Lipinski definition) is 2. The number of thiazole rings is 1. The maximum atomic E-state index is 12.0. The standard InChI is InChI=1S/C13H17N3O2S2/c1-10-7-15-13(19-10)8-16-20(17,18)9-12-4-2-3-11(5-12)6-14/h2-5,7,16H,6,8-9,14H2,1H3. The third kappa shape index (κ3) is 4.38. The minimum absolute atomic E-state index is 0.0504. The summed E-state index contributed by atoms with van der Waals surface area (Å²) in [4.78, 5) is 5.19. The first-order valence-electron chi connectivity index (χ1n) is 6.15. The second-order valence-corrected chi connectivity index (χ2v) is 7.60. The summed E-state index contributed by atoms with van der Waals surface area (Å²) in [5, 5.41) is 0.766. The molecule has 7 heteroatoms. The van der Waals surface area contributed by atoms with E-state index in [0.29, 0.717) is 6.54 Å². The second-order valence-electron chi connectivity index (χ2n) is 4.47. The zero-order chi connectivity index (χ0) is 14.6. The van der Waals surface area contributed by atoms with Crippen molar-refractivity contribution in [2.45, 2.75) is 25.8 Å². The topological polar surface area (TPSA) is 85.1 Å². The second kappa shape index (κ2) is 6.45. The molecule has 0 fully saturated rings. The van der Waals surface area contributed by atoms with E-state index in [1.807, 2.05) is 25.1 Å². The minimum atomic E-state index is -3.37. The molecule has 0 atom stereocenters. The van der Waals surface area contributed by atoms with E-state index in [1.54, 1.807) is 12.3 Å². The molecule has 0 saturated carbocycles. The molecule has 0 amide bonds. The lowest BCUT2D eigenvalue weighted by Crippen LogP contribution is -2.24. The molecule has 1 heterocycles. The van der Waals surface area contributed by atoms with Gasteiger partial charge in [-0.1, -0.05) is 24.3 Å². The molecule has 0 unspecified atom stereocenters. The molecule has 0 aliphatic carbocycles. The van der Waals surface area contributed by atoms with Gasteiger partial charge < -0.3 is 5.73 Å². The first kappa shape index (κ1) is 15.1. The van der Waals surface area contributed by atoms with Crippen LogP contribution in [0.3, 0.4) is 0 Å². The molecule has 0 aliphatic heterocycles. The first-order valence-corrected chi connectivity index (χ1v) is 8.62.